The largest absolute Gasteiger partial charge is 0.396 e. The topological polar surface area (TPSA) is 20.2 Å². The number of aliphatic hydroxyl groups is 1. The first-order valence-corrected chi connectivity index (χ1v) is 9.60. The molecule has 0 rings (SSSR count). The Morgan fingerprint density at radius 3 is 1.24 bits per heavy atom. The SMILES string of the molecule is CCC(C)CCCC(C)CCCC(C)CCCC(C)CO. The summed E-state index contributed by atoms with van der Waals surface area (Å²) in [6, 6.07) is 0. The van der Waals surface area contributed by atoms with Crippen molar-refractivity contribution in [1.29, 1.82) is 0 Å². The van der Waals surface area contributed by atoms with Crippen molar-refractivity contribution in [3.05, 3.63) is 0 Å². The maximum atomic E-state index is 9.02. The first-order valence-electron chi connectivity index (χ1n) is 9.60. The smallest absolute Gasteiger partial charge is 0.0456 e. The zero-order valence-electron chi connectivity index (χ0n) is 15.5. The molecule has 0 radical (unpaired) electrons. The summed E-state index contributed by atoms with van der Waals surface area (Å²) >= 11 is 0. The summed E-state index contributed by atoms with van der Waals surface area (Å²) in [4.78, 5) is 0. The Balaban J connectivity index is 3.46. The quantitative estimate of drug-likeness (QED) is 0.391. The molecule has 1 nitrogen and oxygen atoms in total. The fraction of sp³-hybridized carbons (Fsp3) is 1.00. The van der Waals surface area contributed by atoms with E-state index in [1.165, 1.54) is 64.2 Å². The number of rotatable bonds is 14. The van der Waals surface area contributed by atoms with Crippen molar-refractivity contribution in [1.82, 2.24) is 0 Å². The fourth-order valence-corrected chi connectivity index (χ4v) is 3.03. The standard InChI is InChI=1S/C20H42O/c1-6-17(2)10-7-11-18(3)12-8-13-19(4)14-9-15-20(5)16-21/h17-21H,6-16H2,1-5H3. The molecule has 0 bridgehead atoms. The summed E-state index contributed by atoms with van der Waals surface area (Å²) in [7, 11) is 0. The average Bonchev–Trinajstić information content (AvgIpc) is 2.46. The first-order chi connectivity index (χ1) is 9.99. The fourth-order valence-electron chi connectivity index (χ4n) is 3.03. The highest BCUT2D eigenvalue weighted by Crippen LogP contribution is 2.22. The second-order valence-electron chi connectivity index (χ2n) is 7.80. The van der Waals surface area contributed by atoms with Crippen LogP contribution in [0, 0.1) is 23.7 Å². The normalized spacial score (nSPS) is 17.4. The molecule has 4 unspecified atom stereocenters. The first kappa shape index (κ1) is 21.0. The van der Waals surface area contributed by atoms with E-state index >= 15 is 0 Å². The second-order valence-corrected chi connectivity index (χ2v) is 7.80. The van der Waals surface area contributed by atoms with E-state index in [1.54, 1.807) is 0 Å². The lowest BCUT2D eigenvalue weighted by Gasteiger charge is -2.16. The van der Waals surface area contributed by atoms with Crippen molar-refractivity contribution in [2.75, 3.05) is 6.61 Å². The van der Waals surface area contributed by atoms with Crippen LogP contribution in [0.2, 0.25) is 0 Å². The third-order valence-electron chi connectivity index (χ3n) is 5.19. The van der Waals surface area contributed by atoms with Crippen molar-refractivity contribution in [2.45, 2.75) is 98.8 Å². The molecule has 0 aromatic heterocycles. The molecule has 4 atom stereocenters. The van der Waals surface area contributed by atoms with Gasteiger partial charge in [0.15, 0.2) is 0 Å². The van der Waals surface area contributed by atoms with Gasteiger partial charge in [0.1, 0.15) is 0 Å². The molecular formula is C20H42O. The molecule has 0 aliphatic heterocycles. The van der Waals surface area contributed by atoms with Crippen LogP contribution in [0.5, 0.6) is 0 Å². The third kappa shape index (κ3) is 13.4. The Morgan fingerprint density at radius 2 is 0.905 bits per heavy atom. The van der Waals surface area contributed by atoms with Crippen molar-refractivity contribution < 1.29 is 5.11 Å². The maximum absolute atomic E-state index is 9.02. The van der Waals surface area contributed by atoms with E-state index in [0.29, 0.717) is 12.5 Å². The van der Waals surface area contributed by atoms with Gasteiger partial charge in [-0.25, -0.2) is 0 Å². The van der Waals surface area contributed by atoms with Crippen LogP contribution in [0.3, 0.4) is 0 Å². The Bertz CT molecular complexity index is 192. The summed E-state index contributed by atoms with van der Waals surface area (Å²) in [5.74, 6) is 3.18. The van der Waals surface area contributed by atoms with E-state index in [0.717, 1.165) is 17.8 Å². The zero-order chi connectivity index (χ0) is 16.1. The summed E-state index contributed by atoms with van der Waals surface area (Å²) in [6.07, 6.45) is 13.6. The van der Waals surface area contributed by atoms with E-state index in [2.05, 4.69) is 34.6 Å². The van der Waals surface area contributed by atoms with Crippen LogP contribution in [0.1, 0.15) is 98.8 Å². The van der Waals surface area contributed by atoms with E-state index < -0.39 is 0 Å². The Morgan fingerprint density at radius 1 is 0.571 bits per heavy atom. The maximum Gasteiger partial charge on any atom is 0.0456 e. The lowest BCUT2D eigenvalue weighted by Crippen LogP contribution is -2.03. The summed E-state index contributed by atoms with van der Waals surface area (Å²) in [5.41, 5.74) is 0. The van der Waals surface area contributed by atoms with Gasteiger partial charge in [0, 0.05) is 6.61 Å². The van der Waals surface area contributed by atoms with Gasteiger partial charge in [-0.3, -0.25) is 0 Å². The van der Waals surface area contributed by atoms with E-state index in [1.807, 2.05) is 0 Å². The predicted octanol–water partition coefficient (Wildman–Crippen LogP) is 6.44. The Labute approximate surface area is 134 Å². The minimum absolute atomic E-state index is 0.350. The van der Waals surface area contributed by atoms with Crippen LogP contribution in [0.25, 0.3) is 0 Å². The van der Waals surface area contributed by atoms with Gasteiger partial charge in [-0.1, -0.05) is 92.4 Å². The van der Waals surface area contributed by atoms with E-state index in [-0.39, 0.29) is 0 Å². The van der Waals surface area contributed by atoms with Gasteiger partial charge in [-0.2, -0.15) is 0 Å². The van der Waals surface area contributed by atoms with Crippen molar-refractivity contribution in [3.63, 3.8) is 0 Å². The van der Waals surface area contributed by atoms with Crippen LogP contribution in [0.4, 0.5) is 0 Å². The van der Waals surface area contributed by atoms with E-state index in [4.69, 9.17) is 5.11 Å². The van der Waals surface area contributed by atoms with Crippen molar-refractivity contribution in [2.24, 2.45) is 23.7 Å². The van der Waals surface area contributed by atoms with Gasteiger partial charge < -0.3 is 5.11 Å². The second kappa shape index (κ2) is 13.6. The van der Waals surface area contributed by atoms with Crippen LogP contribution in [0.15, 0.2) is 0 Å². The number of hydrogen-bond donors (Lipinski definition) is 1. The molecule has 0 saturated heterocycles. The van der Waals surface area contributed by atoms with Gasteiger partial charge in [0.2, 0.25) is 0 Å². The molecule has 0 aromatic carbocycles. The molecular weight excluding hydrogens is 256 g/mol. The van der Waals surface area contributed by atoms with Gasteiger partial charge >= 0.3 is 0 Å². The van der Waals surface area contributed by atoms with Crippen LogP contribution >= 0.6 is 0 Å². The molecule has 21 heavy (non-hydrogen) atoms. The predicted molar refractivity (Wildman–Crippen MR) is 95.6 cm³/mol. The summed E-state index contributed by atoms with van der Waals surface area (Å²) < 4.78 is 0. The molecule has 128 valence electrons. The third-order valence-corrected chi connectivity index (χ3v) is 5.19. The van der Waals surface area contributed by atoms with Crippen molar-refractivity contribution >= 4 is 0 Å². The molecule has 0 aromatic rings. The van der Waals surface area contributed by atoms with Crippen LogP contribution in [-0.4, -0.2) is 11.7 Å². The zero-order valence-corrected chi connectivity index (χ0v) is 15.5. The summed E-state index contributed by atoms with van der Waals surface area (Å²) in [6.45, 7) is 12.0. The highest BCUT2D eigenvalue weighted by Gasteiger charge is 2.08. The lowest BCUT2D eigenvalue weighted by atomic mass is 9.91. The molecule has 0 heterocycles. The molecule has 1 heteroatoms. The van der Waals surface area contributed by atoms with Gasteiger partial charge in [-0.05, 0) is 30.1 Å². The minimum atomic E-state index is 0.350. The number of aliphatic hydroxyl groups excluding tert-OH is 1. The minimum Gasteiger partial charge on any atom is -0.396 e. The van der Waals surface area contributed by atoms with Gasteiger partial charge in [-0.15, -0.1) is 0 Å². The molecule has 0 spiro atoms. The molecule has 0 saturated carbocycles. The average molecular weight is 299 g/mol. The highest BCUT2D eigenvalue weighted by atomic mass is 16.3. The number of hydrogen-bond acceptors (Lipinski definition) is 1. The van der Waals surface area contributed by atoms with Crippen LogP contribution < -0.4 is 0 Å². The molecule has 0 aliphatic rings. The van der Waals surface area contributed by atoms with Gasteiger partial charge in [0.05, 0.1) is 0 Å². The molecule has 0 aliphatic carbocycles. The van der Waals surface area contributed by atoms with Crippen LogP contribution in [-0.2, 0) is 0 Å². The molecule has 0 fully saturated rings. The highest BCUT2D eigenvalue weighted by molar-refractivity contribution is 4.61. The Hall–Kier alpha value is -0.0400. The molecule has 1 N–H and O–H groups in total. The monoisotopic (exact) mass is 298 g/mol. The summed E-state index contributed by atoms with van der Waals surface area (Å²) in [5, 5.41) is 9.02. The molecule has 0 amide bonds. The Kier molecular flexibility index (Phi) is 13.6. The lowest BCUT2D eigenvalue weighted by molar-refractivity contribution is 0.225. The van der Waals surface area contributed by atoms with Gasteiger partial charge in [0.25, 0.3) is 0 Å². The van der Waals surface area contributed by atoms with Crippen molar-refractivity contribution in [3.8, 4) is 0 Å². The van der Waals surface area contributed by atoms with E-state index in [9.17, 15) is 0 Å².